The van der Waals surface area contributed by atoms with Gasteiger partial charge in [0.05, 0.1) is 10.6 Å². The third-order valence-corrected chi connectivity index (χ3v) is 2.70. The van der Waals surface area contributed by atoms with Crippen LogP contribution in [0.3, 0.4) is 0 Å². The van der Waals surface area contributed by atoms with Crippen LogP contribution in [0.4, 0.5) is 27.4 Å². The third-order valence-electron chi connectivity index (χ3n) is 2.70. The van der Waals surface area contributed by atoms with Crippen molar-refractivity contribution in [3.05, 3.63) is 51.8 Å². The molecular formula is C13H13FN4O2. The zero-order chi connectivity index (χ0) is 14.7. The maximum Gasteiger partial charge on any atom is 0.311 e. The monoisotopic (exact) mass is 276 g/mol. The van der Waals surface area contributed by atoms with Crippen LogP contribution in [-0.4, -0.2) is 17.0 Å². The van der Waals surface area contributed by atoms with Gasteiger partial charge < -0.3 is 10.6 Å². The molecule has 2 rings (SSSR count). The summed E-state index contributed by atoms with van der Waals surface area (Å²) in [4.78, 5) is 14.4. The van der Waals surface area contributed by atoms with Crippen molar-refractivity contribution in [2.75, 3.05) is 17.7 Å². The molecule has 0 aliphatic rings. The molecule has 0 saturated heterocycles. The predicted octanol–water partition coefficient (Wildman–Crippen LogP) is 3.22. The van der Waals surface area contributed by atoms with Gasteiger partial charge in [-0.2, -0.15) is 0 Å². The Kier molecular flexibility index (Phi) is 3.79. The van der Waals surface area contributed by atoms with E-state index < -0.39 is 10.7 Å². The van der Waals surface area contributed by atoms with Crippen molar-refractivity contribution in [2.24, 2.45) is 0 Å². The normalized spacial score (nSPS) is 10.2. The Labute approximate surface area is 114 Å². The molecule has 104 valence electrons. The Morgan fingerprint density at radius 2 is 2.05 bits per heavy atom. The van der Waals surface area contributed by atoms with Crippen LogP contribution in [0.25, 0.3) is 0 Å². The average Bonchev–Trinajstić information content (AvgIpc) is 2.41. The summed E-state index contributed by atoms with van der Waals surface area (Å²) in [5.41, 5.74) is 0.683. The van der Waals surface area contributed by atoms with Crippen LogP contribution in [-0.2, 0) is 0 Å². The van der Waals surface area contributed by atoms with E-state index >= 15 is 0 Å². The summed E-state index contributed by atoms with van der Waals surface area (Å²) in [5.74, 6) is -0.0498. The van der Waals surface area contributed by atoms with Gasteiger partial charge in [0.15, 0.2) is 0 Å². The van der Waals surface area contributed by atoms with Crippen LogP contribution < -0.4 is 10.6 Å². The molecule has 20 heavy (non-hydrogen) atoms. The van der Waals surface area contributed by atoms with Crippen LogP contribution in [0.1, 0.15) is 5.56 Å². The number of halogens is 1. The zero-order valence-corrected chi connectivity index (χ0v) is 11.0. The Bertz CT molecular complexity index is 661. The predicted molar refractivity (Wildman–Crippen MR) is 74.9 cm³/mol. The minimum absolute atomic E-state index is 0.00963. The van der Waals surface area contributed by atoms with Crippen molar-refractivity contribution in [1.29, 1.82) is 0 Å². The first-order valence-electron chi connectivity index (χ1n) is 5.87. The second-order valence-corrected chi connectivity index (χ2v) is 4.18. The van der Waals surface area contributed by atoms with E-state index in [1.54, 1.807) is 20.0 Å². The minimum Gasteiger partial charge on any atom is -0.373 e. The van der Waals surface area contributed by atoms with Gasteiger partial charge in [0.2, 0.25) is 5.82 Å². The topological polar surface area (TPSA) is 80.1 Å². The lowest BCUT2D eigenvalue weighted by Crippen LogP contribution is -2.03. The number of rotatable bonds is 4. The molecule has 1 aromatic heterocycles. The van der Waals surface area contributed by atoms with E-state index in [4.69, 9.17) is 0 Å². The summed E-state index contributed by atoms with van der Waals surface area (Å²) in [5, 5.41) is 16.4. The molecule has 0 fully saturated rings. The lowest BCUT2D eigenvalue weighted by Gasteiger charge is -2.09. The molecule has 0 unspecified atom stereocenters. The number of hydrogen-bond acceptors (Lipinski definition) is 5. The number of anilines is 3. The van der Waals surface area contributed by atoms with Crippen LogP contribution in [0.15, 0.2) is 30.3 Å². The summed E-state index contributed by atoms with van der Waals surface area (Å²) in [7, 11) is 1.64. The lowest BCUT2D eigenvalue weighted by molar-refractivity contribution is -0.384. The summed E-state index contributed by atoms with van der Waals surface area (Å²) in [6.45, 7) is 1.76. The molecule has 0 aliphatic carbocycles. The molecule has 1 heterocycles. The molecule has 2 aromatic rings. The number of nitrogens with one attached hydrogen (secondary N) is 2. The van der Waals surface area contributed by atoms with Crippen molar-refractivity contribution < 1.29 is 9.31 Å². The van der Waals surface area contributed by atoms with Gasteiger partial charge in [0.1, 0.15) is 11.6 Å². The van der Waals surface area contributed by atoms with E-state index in [0.29, 0.717) is 5.82 Å². The molecule has 6 nitrogen and oxygen atoms in total. The standard InChI is InChI=1S/C13H13FN4O2/c1-8-3-4-10(9(14)7-8)16-13-11(18(19)20)5-6-12(15-2)17-13/h3-7H,1-2H3,(H2,15,16,17). The Hall–Kier alpha value is -2.70. The first-order chi connectivity index (χ1) is 9.51. The van der Waals surface area contributed by atoms with Crippen LogP contribution in [0, 0.1) is 22.9 Å². The fourth-order valence-electron chi connectivity index (χ4n) is 1.68. The fourth-order valence-corrected chi connectivity index (χ4v) is 1.68. The minimum atomic E-state index is -0.569. The van der Waals surface area contributed by atoms with E-state index in [2.05, 4.69) is 15.6 Å². The highest BCUT2D eigenvalue weighted by Gasteiger charge is 2.17. The summed E-state index contributed by atoms with van der Waals surface area (Å²) in [6.07, 6.45) is 0. The van der Waals surface area contributed by atoms with Gasteiger partial charge in [0, 0.05) is 13.1 Å². The van der Waals surface area contributed by atoms with Crippen molar-refractivity contribution in [3.63, 3.8) is 0 Å². The van der Waals surface area contributed by atoms with Crippen molar-refractivity contribution in [1.82, 2.24) is 4.98 Å². The maximum atomic E-state index is 13.8. The third kappa shape index (κ3) is 2.82. The Morgan fingerprint density at radius 3 is 2.65 bits per heavy atom. The molecule has 7 heteroatoms. The summed E-state index contributed by atoms with van der Waals surface area (Å²) >= 11 is 0. The largest absolute Gasteiger partial charge is 0.373 e. The SMILES string of the molecule is CNc1ccc([N+](=O)[O-])c(Nc2ccc(C)cc2F)n1. The van der Waals surface area contributed by atoms with E-state index in [1.807, 2.05) is 0 Å². The number of benzene rings is 1. The number of aryl methyl sites for hydroxylation is 1. The van der Waals surface area contributed by atoms with Crippen LogP contribution in [0.5, 0.6) is 0 Å². The molecule has 0 spiro atoms. The average molecular weight is 276 g/mol. The van der Waals surface area contributed by atoms with Gasteiger partial charge in [-0.05, 0) is 30.7 Å². The lowest BCUT2D eigenvalue weighted by atomic mass is 10.2. The molecule has 0 saturated carbocycles. The van der Waals surface area contributed by atoms with Gasteiger partial charge in [-0.25, -0.2) is 9.37 Å². The number of pyridine rings is 1. The summed E-state index contributed by atoms with van der Waals surface area (Å²) < 4.78 is 13.8. The van der Waals surface area contributed by atoms with Gasteiger partial charge in [0.25, 0.3) is 0 Å². The second kappa shape index (κ2) is 5.52. The molecule has 0 aliphatic heterocycles. The number of nitrogens with zero attached hydrogens (tertiary/aromatic N) is 2. The van der Waals surface area contributed by atoms with Gasteiger partial charge in [-0.1, -0.05) is 6.07 Å². The van der Waals surface area contributed by atoms with Crippen molar-refractivity contribution >= 4 is 23.0 Å². The molecule has 0 bridgehead atoms. The van der Waals surface area contributed by atoms with Crippen LogP contribution >= 0.6 is 0 Å². The van der Waals surface area contributed by atoms with E-state index in [1.165, 1.54) is 24.3 Å². The van der Waals surface area contributed by atoms with E-state index in [9.17, 15) is 14.5 Å². The first kappa shape index (κ1) is 13.7. The zero-order valence-electron chi connectivity index (χ0n) is 11.0. The van der Waals surface area contributed by atoms with E-state index in [-0.39, 0.29) is 17.2 Å². The van der Waals surface area contributed by atoms with Crippen LogP contribution in [0.2, 0.25) is 0 Å². The van der Waals surface area contributed by atoms with Crippen molar-refractivity contribution in [3.8, 4) is 0 Å². The highest BCUT2D eigenvalue weighted by Crippen LogP contribution is 2.28. The second-order valence-electron chi connectivity index (χ2n) is 4.18. The summed E-state index contributed by atoms with van der Waals surface area (Å²) in [6, 6.07) is 7.36. The van der Waals surface area contributed by atoms with Gasteiger partial charge >= 0.3 is 5.69 Å². The number of aromatic nitrogens is 1. The molecule has 0 amide bonds. The highest BCUT2D eigenvalue weighted by atomic mass is 19.1. The Balaban J connectivity index is 2.43. The maximum absolute atomic E-state index is 13.8. The fraction of sp³-hybridized carbons (Fsp3) is 0.154. The quantitative estimate of drug-likeness (QED) is 0.662. The molecule has 0 radical (unpaired) electrons. The smallest absolute Gasteiger partial charge is 0.311 e. The number of hydrogen-bond donors (Lipinski definition) is 2. The highest BCUT2D eigenvalue weighted by molar-refractivity contribution is 5.68. The number of nitro groups is 1. The van der Waals surface area contributed by atoms with Crippen molar-refractivity contribution in [2.45, 2.75) is 6.92 Å². The molecule has 1 aromatic carbocycles. The Morgan fingerprint density at radius 1 is 1.30 bits per heavy atom. The van der Waals surface area contributed by atoms with E-state index in [0.717, 1.165) is 5.56 Å². The molecule has 0 atom stereocenters. The molecular weight excluding hydrogens is 263 g/mol. The molecule has 2 N–H and O–H groups in total. The van der Waals surface area contributed by atoms with Gasteiger partial charge in [-0.3, -0.25) is 10.1 Å². The van der Waals surface area contributed by atoms with Gasteiger partial charge in [-0.15, -0.1) is 0 Å². The first-order valence-corrected chi connectivity index (χ1v) is 5.87.